The summed E-state index contributed by atoms with van der Waals surface area (Å²) >= 11 is 0. The highest BCUT2D eigenvalue weighted by Gasteiger charge is 2.19. The number of hydrogen-bond acceptors (Lipinski definition) is 6. The second-order valence-electron chi connectivity index (χ2n) is 19.0. The number of hydrogen-bond donors (Lipinski definition) is 1. The number of aliphatic carboxylic acids is 1. The van der Waals surface area contributed by atoms with E-state index in [1.54, 1.807) is 18.2 Å². The first-order valence-electron chi connectivity index (χ1n) is 26.0. The average Bonchev–Trinajstić information content (AvgIpc) is 3.90. The lowest BCUT2D eigenvalue weighted by Gasteiger charge is -2.25. The molecule has 3 heterocycles. The van der Waals surface area contributed by atoms with Gasteiger partial charge in [0.2, 0.25) is 0 Å². The Morgan fingerprint density at radius 2 is 1.03 bits per heavy atom. The topological polar surface area (TPSA) is 121 Å². The number of nitrogens with zero attached hydrogens (tertiary/aromatic N) is 4. The molecule has 73 heavy (non-hydrogen) atoms. The average molecular weight is 967 g/mol. The molecule has 0 amide bonds. The van der Waals surface area contributed by atoms with Crippen LogP contribution in [0.4, 0.5) is 17.1 Å². The summed E-state index contributed by atoms with van der Waals surface area (Å²) in [6, 6.07) is 50.0. The van der Waals surface area contributed by atoms with E-state index in [9.17, 15) is 20.0 Å². The minimum absolute atomic E-state index is 0.0632. The fourth-order valence-corrected chi connectivity index (χ4v) is 10.1. The van der Waals surface area contributed by atoms with Gasteiger partial charge in [-0.05, 0) is 115 Å². The van der Waals surface area contributed by atoms with E-state index in [0.29, 0.717) is 46.0 Å². The summed E-state index contributed by atoms with van der Waals surface area (Å²) in [4.78, 5) is 43.8. The normalized spacial score (nSPS) is 11.9. The third kappa shape index (κ3) is 11.1. The molecular formula is C64H62N4O5. The van der Waals surface area contributed by atoms with Gasteiger partial charge in [0, 0.05) is 63.3 Å². The number of aryl methyl sites for hydroxylation is 2. The van der Waals surface area contributed by atoms with Crippen LogP contribution in [0.3, 0.4) is 0 Å². The summed E-state index contributed by atoms with van der Waals surface area (Å²) in [6.45, 7) is 5.80. The van der Waals surface area contributed by atoms with E-state index < -0.39 is 11.5 Å². The molecule has 9 heteroatoms. The van der Waals surface area contributed by atoms with Crippen molar-refractivity contribution in [2.24, 2.45) is 0 Å². The lowest BCUT2D eigenvalue weighted by molar-refractivity contribution is -0.132. The number of furan rings is 1. The Morgan fingerprint density at radius 3 is 1.58 bits per heavy atom. The minimum atomic E-state index is -1.34. The number of carboxylic acid groups (broad SMARTS) is 1. The Morgan fingerprint density at radius 1 is 0.548 bits per heavy atom. The first-order valence-corrected chi connectivity index (χ1v) is 26.0. The molecule has 0 aliphatic rings. The molecule has 0 unspecified atom stereocenters. The smallest absolute Gasteiger partial charge is 0.346 e. The molecule has 6 aromatic carbocycles. The Balaban J connectivity index is 1.13. The zero-order valence-electron chi connectivity index (χ0n) is 41.9. The number of unbranched alkanes of at least 4 members (excludes halogenated alkanes) is 10. The van der Waals surface area contributed by atoms with Crippen LogP contribution in [-0.4, -0.2) is 20.2 Å². The van der Waals surface area contributed by atoms with Crippen molar-refractivity contribution in [2.45, 2.75) is 104 Å². The van der Waals surface area contributed by atoms with Crippen molar-refractivity contribution in [1.82, 2.24) is 9.13 Å². The number of para-hydroxylation sites is 2. The molecule has 0 saturated carbocycles. The van der Waals surface area contributed by atoms with E-state index in [4.69, 9.17) is 4.42 Å². The molecule has 9 rings (SSSR count). The van der Waals surface area contributed by atoms with E-state index >= 15 is 4.79 Å². The summed E-state index contributed by atoms with van der Waals surface area (Å²) in [5, 5.41) is 21.0. The van der Waals surface area contributed by atoms with Gasteiger partial charge < -0.3 is 23.6 Å². The molecule has 0 bridgehead atoms. The molecule has 0 fully saturated rings. The van der Waals surface area contributed by atoms with Gasteiger partial charge in [0.1, 0.15) is 23.2 Å². The van der Waals surface area contributed by atoms with Crippen molar-refractivity contribution >= 4 is 84.9 Å². The summed E-state index contributed by atoms with van der Waals surface area (Å²) < 4.78 is 10.5. The van der Waals surface area contributed by atoms with Gasteiger partial charge in [-0.1, -0.05) is 145 Å². The first kappa shape index (κ1) is 49.7. The third-order valence-corrected chi connectivity index (χ3v) is 13.9. The van der Waals surface area contributed by atoms with Crippen LogP contribution in [-0.2, 0) is 17.9 Å². The molecule has 368 valence electrons. The zero-order valence-corrected chi connectivity index (χ0v) is 41.9. The van der Waals surface area contributed by atoms with Crippen LogP contribution in [0.25, 0.3) is 73.2 Å². The standard InChI is InChI=1S/C64H62N4O5/c1-3-5-7-9-11-19-37-66-57-34-29-46(26-25-45-27-31-51(32-28-45)68(49-21-15-13-16-22-49)50-23-17-14-18-24-50)39-53(57)62(69)55-42-60-56(43-59(55)66)63(70)54-41-47(61-36-33-52(73-61)40-48(44-65)64(71)72)30-35-58(54)67(60)38-20-12-10-8-6-4-2/h13-18,21-36,39-43H,3-12,19-20,37-38H2,1-2H3,(H,71,72)/b26-25+,48-40-. The Labute approximate surface area is 426 Å². The van der Waals surface area contributed by atoms with Crippen molar-refractivity contribution in [3.05, 3.63) is 188 Å². The summed E-state index contributed by atoms with van der Waals surface area (Å²) in [5.74, 6) is -0.678. The molecule has 0 saturated heterocycles. The molecule has 9 nitrogen and oxygen atoms in total. The second-order valence-corrected chi connectivity index (χ2v) is 19.0. The van der Waals surface area contributed by atoms with Gasteiger partial charge in [-0.2, -0.15) is 5.26 Å². The summed E-state index contributed by atoms with van der Waals surface area (Å²) in [7, 11) is 0. The van der Waals surface area contributed by atoms with Gasteiger partial charge in [-0.15, -0.1) is 0 Å². The zero-order chi connectivity index (χ0) is 50.7. The van der Waals surface area contributed by atoms with Crippen LogP contribution in [0.15, 0.2) is 165 Å². The number of pyridine rings is 2. The van der Waals surface area contributed by atoms with Crippen LogP contribution in [0.2, 0.25) is 0 Å². The Kier molecular flexibility index (Phi) is 15.9. The van der Waals surface area contributed by atoms with Crippen LogP contribution in [0.1, 0.15) is 108 Å². The van der Waals surface area contributed by atoms with Gasteiger partial charge in [-0.3, -0.25) is 9.59 Å². The third-order valence-electron chi connectivity index (χ3n) is 13.9. The summed E-state index contributed by atoms with van der Waals surface area (Å²) in [5.41, 5.74) is 8.24. The van der Waals surface area contributed by atoms with E-state index in [1.807, 2.05) is 48.5 Å². The number of nitriles is 1. The van der Waals surface area contributed by atoms with Crippen LogP contribution >= 0.6 is 0 Å². The van der Waals surface area contributed by atoms with Crippen molar-refractivity contribution in [3.8, 4) is 17.4 Å². The van der Waals surface area contributed by atoms with Crippen molar-refractivity contribution in [1.29, 1.82) is 5.26 Å². The lowest BCUT2D eigenvalue weighted by Crippen LogP contribution is -2.16. The highest BCUT2D eigenvalue weighted by molar-refractivity contribution is 6.04. The fraction of sp³-hybridized carbons (Fsp3) is 0.250. The number of anilines is 3. The maximum absolute atomic E-state index is 15.0. The Hall–Kier alpha value is -8.22. The van der Waals surface area contributed by atoms with Crippen LogP contribution in [0.5, 0.6) is 0 Å². The minimum Gasteiger partial charge on any atom is -0.477 e. The van der Waals surface area contributed by atoms with Crippen LogP contribution < -0.4 is 15.8 Å². The molecule has 0 aliphatic carbocycles. The molecule has 9 aromatic rings. The number of fused-ring (bicyclic) bond motifs is 4. The predicted molar refractivity (Wildman–Crippen MR) is 301 cm³/mol. The first-order chi connectivity index (χ1) is 35.8. The van der Waals surface area contributed by atoms with Gasteiger partial charge in [0.15, 0.2) is 10.9 Å². The molecule has 0 atom stereocenters. The highest BCUT2D eigenvalue weighted by atomic mass is 16.4. The van der Waals surface area contributed by atoms with E-state index in [1.165, 1.54) is 38.2 Å². The summed E-state index contributed by atoms with van der Waals surface area (Å²) in [6.07, 6.45) is 18.7. The quantitative estimate of drug-likeness (QED) is 0.0236. The molecular weight excluding hydrogens is 905 g/mol. The van der Waals surface area contributed by atoms with Gasteiger partial charge >= 0.3 is 5.97 Å². The van der Waals surface area contributed by atoms with Crippen molar-refractivity contribution in [2.75, 3.05) is 4.90 Å². The number of carbonyl (C=O) groups is 1. The molecule has 0 radical (unpaired) electrons. The SMILES string of the molecule is CCCCCCCCn1c2ccc(/C=C/c3ccc(N(c4ccccc4)c4ccccc4)cc3)cc2c(=O)c2cc3c(cc21)c(=O)c1cc(-c2ccc(/C=C(/C#N)C(=O)O)o2)ccc1n3CCCCCCCC. The predicted octanol–water partition coefficient (Wildman–Crippen LogP) is 16.2. The highest BCUT2D eigenvalue weighted by Crippen LogP contribution is 2.35. The number of rotatable bonds is 22. The largest absolute Gasteiger partial charge is 0.477 e. The maximum Gasteiger partial charge on any atom is 0.346 e. The van der Waals surface area contributed by atoms with Crippen LogP contribution in [0, 0.1) is 11.3 Å². The number of aromatic nitrogens is 2. The second kappa shape index (κ2) is 23.3. The van der Waals surface area contributed by atoms with Crippen molar-refractivity contribution < 1.29 is 14.3 Å². The van der Waals surface area contributed by atoms with E-state index in [2.05, 4.69) is 125 Å². The fourth-order valence-electron chi connectivity index (χ4n) is 10.1. The maximum atomic E-state index is 15.0. The van der Waals surface area contributed by atoms with Gasteiger partial charge in [0.05, 0.1) is 22.1 Å². The number of benzene rings is 6. The molecule has 3 aromatic heterocycles. The molecule has 0 aliphatic heterocycles. The monoisotopic (exact) mass is 966 g/mol. The van der Waals surface area contributed by atoms with E-state index in [-0.39, 0.29) is 16.6 Å². The van der Waals surface area contributed by atoms with E-state index in [0.717, 1.165) is 95.2 Å². The molecule has 0 spiro atoms. The Bertz CT molecular complexity index is 3590. The van der Waals surface area contributed by atoms with Gasteiger partial charge in [0.25, 0.3) is 0 Å². The molecule has 1 N–H and O–H groups in total. The number of carboxylic acids is 1. The lowest BCUT2D eigenvalue weighted by atomic mass is 10.0. The van der Waals surface area contributed by atoms with Crippen molar-refractivity contribution in [3.63, 3.8) is 0 Å². The van der Waals surface area contributed by atoms with Gasteiger partial charge in [-0.25, -0.2) is 4.79 Å².